The summed E-state index contributed by atoms with van der Waals surface area (Å²) in [6.07, 6.45) is 0.309. The summed E-state index contributed by atoms with van der Waals surface area (Å²) in [6.45, 7) is 4.13. The van der Waals surface area contributed by atoms with Gasteiger partial charge in [-0.15, -0.1) is 0 Å². The van der Waals surface area contributed by atoms with E-state index in [2.05, 4.69) is 5.32 Å². The first-order valence-corrected chi connectivity index (χ1v) is 5.16. The number of methoxy groups -OCH3 is 2. The van der Waals surface area contributed by atoms with Crippen LogP contribution in [0.4, 0.5) is 0 Å². The monoisotopic (exact) mass is 218 g/mol. The number of amides is 1. The molecule has 1 amide bonds. The number of hydrogen-bond donors (Lipinski definition) is 2. The second-order valence-corrected chi connectivity index (χ2v) is 3.48. The molecule has 0 aromatic carbocycles. The smallest absolute Gasteiger partial charge is 0.224 e. The highest BCUT2D eigenvalue weighted by atomic mass is 16.7. The van der Waals surface area contributed by atoms with Gasteiger partial charge in [-0.3, -0.25) is 4.79 Å². The van der Waals surface area contributed by atoms with E-state index in [-0.39, 0.29) is 17.9 Å². The largest absolute Gasteiger partial charge is 0.354 e. The standard InChI is InChI=1S/C10H22N2O3/c1-5-8(6-11)9(13)12-7(2)10(14-3)15-4/h7-8,10H,5-6,11H2,1-4H3,(H,12,13). The Morgan fingerprint density at radius 2 is 1.93 bits per heavy atom. The Morgan fingerprint density at radius 1 is 1.40 bits per heavy atom. The summed E-state index contributed by atoms with van der Waals surface area (Å²) in [5, 5.41) is 2.81. The summed E-state index contributed by atoms with van der Waals surface area (Å²) >= 11 is 0. The minimum Gasteiger partial charge on any atom is -0.354 e. The summed E-state index contributed by atoms with van der Waals surface area (Å²) < 4.78 is 10.1. The quantitative estimate of drug-likeness (QED) is 0.594. The minimum absolute atomic E-state index is 0.0494. The Hall–Kier alpha value is -0.650. The van der Waals surface area contributed by atoms with E-state index < -0.39 is 6.29 Å². The highest BCUT2D eigenvalue weighted by molar-refractivity contribution is 5.79. The molecule has 0 aromatic heterocycles. The summed E-state index contributed by atoms with van der Waals surface area (Å²) in [6, 6.07) is -0.187. The van der Waals surface area contributed by atoms with Crippen LogP contribution in [0.5, 0.6) is 0 Å². The highest BCUT2D eigenvalue weighted by Crippen LogP contribution is 2.03. The van der Waals surface area contributed by atoms with Crippen molar-refractivity contribution < 1.29 is 14.3 Å². The second-order valence-electron chi connectivity index (χ2n) is 3.48. The van der Waals surface area contributed by atoms with Crippen LogP contribution in [0.1, 0.15) is 20.3 Å². The normalized spacial score (nSPS) is 15.1. The Balaban J connectivity index is 4.15. The van der Waals surface area contributed by atoms with Gasteiger partial charge in [0.15, 0.2) is 6.29 Å². The van der Waals surface area contributed by atoms with Gasteiger partial charge < -0.3 is 20.5 Å². The fourth-order valence-corrected chi connectivity index (χ4v) is 1.37. The molecule has 2 atom stereocenters. The first-order valence-electron chi connectivity index (χ1n) is 5.16. The van der Waals surface area contributed by atoms with E-state index in [1.807, 2.05) is 13.8 Å². The SMILES string of the molecule is CCC(CN)C(=O)NC(C)C(OC)OC. The molecule has 0 aliphatic heterocycles. The molecular weight excluding hydrogens is 196 g/mol. The molecule has 0 aromatic rings. The van der Waals surface area contributed by atoms with Crippen LogP contribution in [-0.2, 0) is 14.3 Å². The summed E-state index contributed by atoms with van der Waals surface area (Å²) in [5.41, 5.74) is 5.48. The van der Waals surface area contributed by atoms with Crippen LogP contribution in [0.15, 0.2) is 0 Å². The summed E-state index contributed by atoms with van der Waals surface area (Å²) in [5.74, 6) is -0.187. The van der Waals surface area contributed by atoms with Gasteiger partial charge in [0.2, 0.25) is 5.91 Å². The van der Waals surface area contributed by atoms with E-state index in [9.17, 15) is 4.79 Å². The summed E-state index contributed by atoms with van der Waals surface area (Å²) in [4.78, 5) is 11.6. The van der Waals surface area contributed by atoms with E-state index in [0.29, 0.717) is 6.54 Å². The zero-order chi connectivity index (χ0) is 11.8. The van der Waals surface area contributed by atoms with E-state index >= 15 is 0 Å². The third kappa shape index (κ3) is 4.59. The molecule has 0 aliphatic rings. The van der Waals surface area contributed by atoms with Gasteiger partial charge in [0, 0.05) is 26.7 Å². The van der Waals surface area contributed by atoms with Crippen LogP contribution < -0.4 is 11.1 Å². The molecule has 0 saturated carbocycles. The number of ether oxygens (including phenoxy) is 2. The summed E-state index contributed by atoms with van der Waals surface area (Å²) in [7, 11) is 3.08. The van der Waals surface area contributed by atoms with E-state index in [4.69, 9.17) is 15.2 Å². The number of hydrogen-bond acceptors (Lipinski definition) is 4. The van der Waals surface area contributed by atoms with Crippen molar-refractivity contribution in [1.29, 1.82) is 0 Å². The minimum atomic E-state index is -0.427. The molecule has 90 valence electrons. The fraction of sp³-hybridized carbons (Fsp3) is 0.900. The molecule has 0 aliphatic carbocycles. The Bertz CT molecular complexity index is 180. The van der Waals surface area contributed by atoms with Crippen molar-refractivity contribution >= 4 is 5.91 Å². The molecule has 15 heavy (non-hydrogen) atoms. The van der Waals surface area contributed by atoms with Crippen LogP contribution in [0.25, 0.3) is 0 Å². The first kappa shape index (κ1) is 14.3. The van der Waals surface area contributed by atoms with Crippen molar-refractivity contribution in [3.8, 4) is 0 Å². The van der Waals surface area contributed by atoms with Gasteiger partial charge in [-0.1, -0.05) is 6.92 Å². The van der Waals surface area contributed by atoms with Crippen molar-refractivity contribution in [3.05, 3.63) is 0 Å². The van der Waals surface area contributed by atoms with Gasteiger partial charge in [-0.25, -0.2) is 0 Å². The molecule has 0 heterocycles. The van der Waals surface area contributed by atoms with Gasteiger partial charge in [0.25, 0.3) is 0 Å². The Morgan fingerprint density at radius 3 is 2.27 bits per heavy atom. The lowest BCUT2D eigenvalue weighted by Crippen LogP contribution is -2.46. The van der Waals surface area contributed by atoms with Crippen molar-refractivity contribution in [2.75, 3.05) is 20.8 Å². The number of nitrogens with one attached hydrogen (secondary N) is 1. The molecule has 5 heteroatoms. The molecule has 0 fully saturated rings. The number of carbonyl (C=O) groups is 1. The molecule has 0 bridgehead atoms. The van der Waals surface area contributed by atoms with Gasteiger partial charge in [0.1, 0.15) is 0 Å². The first-order chi connectivity index (χ1) is 7.10. The molecule has 5 nitrogen and oxygen atoms in total. The third-order valence-corrected chi connectivity index (χ3v) is 2.39. The van der Waals surface area contributed by atoms with Crippen molar-refractivity contribution in [1.82, 2.24) is 5.32 Å². The topological polar surface area (TPSA) is 73.6 Å². The van der Waals surface area contributed by atoms with Crippen LogP contribution in [0, 0.1) is 5.92 Å². The lowest BCUT2D eigenvalue weighted by molar-refractivity contribution is -0.138. The third-order valence-electron chi connectivity index (χ3n) is 2.39. The molecule has 0 radical (unpaired) electrons. The maximum Gasteiger partial charge on any atom is 0.224 e. The number of nitrogens with two attached hydrogens (primary N) is 1. The van der Waals surface area contributed by atoms with Crippen LogP contribution in [0.3, 0.4) is 0 Å². The van der Waals surface area contributed by atoms with Crippen LogP contribution in [-0.4, -0.2) is 39.0 Å². The number of carbonyl (C=O) groups excluding carboxylic acids is 1. The van der Waals surface area contributed by atoms with Gasteiger partial charge >= 0.3 is 0 Å². The molecular formula is C10H22N2O3. The average molecular weight is 218 g/mol. The van der Waals surface area contributed by atoms with E-state index in [0.717, 1.165) is 6.42 Å². The second kappa shape index (κ2) is 7.62. The lowest BCUT2D eigenvalue weighted by atomic mass is 10.1. The van der Waals surface area contributed by atoms with Crippen molar-refractivity contribution in [3.63, 3.8) is 0 Å². The molecule has 0 rings (SSSR count). The molecule has 3 N–H and O–H groups in total. The molecule has 2 unspecified atom stereocenters. The fourth-order valence-electron chi connectivity index (χ4n) is 1.37. The Labute approximate surface area is 91.3 Å². The van der Waals surface area contributed by atoms with Gasteiger partial charge in [-0.05, 0) is 13.3 Å². The maximum absolute atomic E-state index is 11.6. The molecule has 0 saturated heterocycles. The van der Waals surface area contributed by atoms with Gasteiger partial charge in [0.05, 0.1) is 6.04 Å². The Kier molecular flexibility index (Phi) is 7.29. The van der Waals surface area contributed by atoms with Crippen LogP contribution >= 0.6 is 0 Å². The predicted molar refractivity (Wildman–Crippen MR) is 58.2 cm³/mol. The lowest BCUT2D eigenvalue weighted by Gasteiger charge is -2.24. The number of rotatable bonds is 7. The average Bonchev–Trinajstić information content (AvgIpc) is 2.21. The van der Waals surface area contributed by atoms with E-state index in [1.54, 1.807) is 0 Å². The van der Waals surface area contributed by atoms with Gasteiger partial charge in [-0.2, -0.15) is 0 Å². The predicted octanol–water partition coefficient (Wildman–Crippen LogP) is 0.0949. The molecule has 0 spiro atoms. The zero-order valence-electron chi connectivity index (χ0n) is 9.95. The highest BCUT2D eigenvalue weighted by Gasteiger charge is 2.21. The zero-order valence-corrected chi connectivity index (χ0v) is 9.95. The van der Waals surface area contributed by atoms with Crippen LogP contribution in [0.2, 0.25) is 0 Å². The van der Waals surface area contributed by atoms with Crippen molar-refractivity contribution in [2.45, 2.75) is 32.6 Å². The van der Waals surface area contributed by atoms with Crippen molar-refractivity contribution in [2.24, 2.45) is 11.7 Å². The van der Waals surface area contributed by atoms with E-state index in [1.165, 1.54) is 14.2 Å². The maximum atomic E-state index is 11.6.